The van der Waals surface area contributed by atoms with Crippen LogP contribution in [0.15, 0.2) is 0 Å². The van der Waals surface area contributed by atoms with Crippen molar-refractivity contribution < 1.29 is 9.90 Å². The van der Waals surface area contributed by atoms with E-state index in [0.717, 1.165) is 38.8 Å². The van der Waals surface area contributed by atoms with E-state index in [9.17, 15) is 9.90 Å². The van der Waals surface area contributed by atoms with Crippen molar-refractivity contribution in [2.75, 3.05) is 20.1 Å². The Balaban J connectivity index is 2.37. The molecule has 2 N–H and O–H groups in total. The summed E-state index contributed by atoms with van der Waals surface area (Å²) in [5.41, 5.74) is -0.702. The first-order chi connectivity index (χ1) is 9.04. The average molecular weight is 270 g/mol. The van der Waals surface area contributed by atoms with Crippen molar-refractivity contribution >= 4 is 5.97 Å². The van der Waals surface area contributed by atoms with Crippen molar-refractivity contribution in [3.05, 3.63) is 0 Å². The molecule has 0 bridgehead atoms. The number of nitrogens with zero attached hydrogens (tertiary/aromatic N) is 1. The van der Waals surface area contributed by atoms with Crippen LogP contribution >= 0.6 is 0 Å². The third-order valence-electron chi connectivity index (χ3n) is 4.11. The van der Waals surface area contributed by atoms with E-state index in [-0.39, 0.29) is 0 Å². The van der Waals surface area contributed by atoms with Gasteiger partial charge in [0.25, 0.3) is 0 Å². The Morgan fingerprint density at radius 1 is 1.32 bits per heavy atom. The molecule has 19 heavy (non-hydrogen) atoms. The fraction of sp³-hybridized carbons (Fsp3) is 0.933. The monoisotopic (exact) mass is 270 g/mol. The van der Waals surface area contributed by atoms with Crippen LogP contribution in [0, 0.1) is 0 Å². The largest absolute Gasteiger partial charge is 0.480 e. The van der Waals surface area contributed by atoms with Gasteiger partial charge < -0.3 is 10.0 Å². The lowest BCUT2D eigenvalue weighted by Gasteiger charge is -2.30. The number of carboxylic acids is 1. The first-order valence-electron chi connectivity index (χ1n) is 7.73. The third-order valence-corrected chi connectivity index (χ3v) is 4.11. The van der Waals surface area contributed by atoms with Gasteiger partial charge in [0.05, 0.1) is 0 Å². The second-order valence-electron chi connectivity index (χ2n) is 5.92. The van der Waals surface area contributed by atoms with Gasteiger partial charge in [-0.05, 0) is 58.7 Å². The van der Waals surface area contributed by atoms with Crippen molar-refractivity contribution in [2.45, 2.75) is 70.4 Å². The number of hydrogen-bond donors (Lipinski definition) is 2. The van der Waals surface area contributed by atoms with Crippen LogP contribution in [0.2, 0.25) is 0 Å². The van der Waals surface area contributed by atoms with Gasteiger partial charge in [-0.1, -0.05) is 20.3 Å². The molecule has 0 heterocycles. The van der Waals surface area contributed by atoms with Gasteiger partial charge in [-0.3, -0.25) is 10.1 Å². The maximum Gasteiger partial charge on any atom is 0.323 e. The van der Waals surface area contributed by atoms with Crippen LogP contribution in [0.3, 0.4) is 0 Å². The zero-order valence-electron chi connectivity index (χ0n) is 12.7. The first-order valence-corrected chi connectivity index (χ1v) is 7.73. The Labute approximate surface area is 117 Å². The second kappa shape index (κ2) is 7.85. The van der Waals surface area contributed by atoms with Crippen molar-refractivity contribution in [1.29, 1.82) is 0 Å². The number of nitrogens with one attached hydrogen (secondary N) is 1. The lowest BCUT2D eigenvalue weighted by Crippen LogP contribution is -2.53. The SMILES string of the molecule is CCCCN(C)CCCC(CC)(NC1CC1)C(=O)O. The summed E-state index contributed by atoms with van der Waals surface area (Å²) in [6.07, 6.45) is 7.02. The summed E-state index contributed by atoms with van der Waals surface area (Å²) in [5, 5.41) is 12.9. The van der Waals surface area contributed by atoms with E-state index >= 15 is 0 Å². The van der Waals surface area contributed by atoms with E-state index in [2.05, 4.69) is 24.2 Å². The molecule has 0 aliphatic heterocycles. The highest BCUT2D eigenvalue weighted by atomic mass is 16.4. The molecule has 112 valence electrons. The minimum Gasteiger partial charge on any atom is -0.480 e. The molecule has 1 fully saturated rings. The van der Waals surface area contributed by atoms with Gasteiger partial charge in [0, 0.05) is 6.04 Å². The van der Waals surface area contributed by atoms with E-state index in [4.69, 9.17) is 0 Å². The highest BCUT2D eigenvalue weighted by molar-refractivity contribution is 5.78. The second-order valence-corrected chi connectivity index (χ2v) is 5.92. The van der Waals surface area contributed by atoms with Crippen LogP contribution in [-0.2, 0) is 4.79 Å². The highest BCUT2D eigenvalue weighted by Gasteiger charge is 2.40. The molecule has 0 radical (unpaired) electrons. The highest BCUT2D eigenvalue weighted by Crippen LogP contribution is 2.27. The minimum absolute atomic E-state index is 0.439. The van der Waals surface area contributed by atoms with Crippen LogP contribution in [0.25, 0.3) is 0 Å². The van der Waals surface area contributed by atoms with E-state index in [1.165, 1.54) is 12.8 Å². The van der Waals surface area contributed by atoms with Gasteiger partial charge in [0.2, 0.25) is 0 Å². The molecule has 1 aliphatic rings. The van der Waals surface area contributed by atoms with Gasteiger partial charge in [-0.2, -0.15) is 0 Å². The molecule has 0 aromatic rings. The summed E-state index contributed by atoms with van der Waals surface area (Å²) < 4.78 is 0. The van der Waals surface area contributed by atoms with Crippen LogP contribution in [0.1, 0.15) is 58.8 Å². The zero-order chi connectivity index (χ0) is 14.3. The van der Waals surface area contributed by atoms with Gasteiger partial charge in [-0.15, -0.1) is 0 Å². The summed E-state index contributed by atoms with van der Waals surface area (Å²) in [5.74, 6) is -0.682. The molecule has 1 atom stereocenters. The lowest BCUT2D eigenvalue weighted by atomic mass is 9.90. The molecule has 0 amide bonds. The van der Waals surface area contributed by atoms with E-state index in [1.807, 2.05) is 6.92 Å². The fourth-order valence-corrected chi connectivity index (χ4v) is 2.48. The lowest BCUT2D eigenvalue weighted by molar-refractivity contribution is -0.145. The Hall–Kier alpha value is -0.610. The first kappa shape index (κ1) is 16.4. The maximum atomic E-state index is 11.6. The Bertz CT molecular complexity index is 279. The van der Waals surface area contributed by atoms with E-state index < -0.39 is 11.5 Å². The van der Waals surface area contributed by atoms with E-state index in [0.29, 0.717) is 12.5 Å². The summed E-state index contributed by atoms with van der Waals surface area (Å²) in [4.78, 5) is 13.9. The molecule has 0 aromatic carbocycles. The number of hydrogen-bond acceptors (Lipinski definition) is 3. The van der Waals surface area contributed by atoms with Gasteiger partial charge >= 0.3 is 5.97 Å². The van der Waals surface area contributed by atoms with E-state index in [1.54, 1.807) is 0 Å². The molecule has 1 saturated carbocycles. The maximum absolute atomic E-state index is 11.6. The van der Waals surface area contributed by atoms with Crippen LogP contribution in [0.4, 0.5) is 0 Å². The predicted octanol–water partition coefficient (Wildman–Crippen LogP) is 2.48. The van der Waals surface area contributed by atoms with Crippen molar-refractivity contribution in [3.63, 3.8) is 0 Å². The van der Waals surface area contributed by atoms with Crippen molar-refractivity contribution in [3.8, 4) is 0 Å². The molecule has 4 heteroatoms. The molecular weight excluding hydrogens is 240 g/mol. The Kier molecular flexibility index (Phi) is 6.80. The van der Waals surface area contributed by atoms with Crippen LogP contribution < -0.4 is 5.32 Å². The Morgan fingerprint density at radius 2 is 1.95 bits per heavy atom. The minimum atomic E-state index is -0.702. The summed E-state index contributed by atoms with van der Waals surface area (Å²) in [7, 11) is 2.12. The molecule has 0 spiro atoms. The summed E-state index contributed by atoms with van der Waals surface area (Å²) >= 11 is 0. The smallest absolute Gasteiger partial charge is 0.323 e. The number of aliphatic carboxylic acids is 1. The number of rotatable bonds is 11. The fourth-order valence-electron chi connectivity index (χ4n) is 2.48. The molecule has 0 saturated heterocycles. The topological polar surface area (TPSA) is 52.6 Å². The van der Waals surface area contributed by atoms with Gasteiger partial charge in [0.15, 0.2) is 0 Å². The quantitative estimate of drug-likeness (QED) is 0.605. The van der Waals surface area contributed by atoms with Crippen molar-refractivity contribution in [1.82, 2.24) is 10.2 Å². The van der Waals surface area contributed by atoms with Gasteiger partial charge in [0.1, 0.15) is 5.54 Å². The average Bonchev–Trinajstić information content (AvgIpc) is 3.18. The standard InChI is InChI=1S/C15H30N2O2/c1-4-6-11-17(3)12-7-10-15(5-2,14(18)19)16-13-8-9-13/h13,16H,4-12H2,1-3H3,(H,18,19). The molecule has 0 aromatic heterocycles. The van der Waals surface area contributed by atoms with Crippen molar-refractivity contribution in [2.24, 2.45) is 0 Å². The number of unbranched alkanes of at least 4 members (excludes halogenated alkanes) is 1. The predicted molar refractivity (Wildman–Crippen MR) is 78.5 cm³/mol. The molecule has 1 unspecified atom stereocenters. The molecular formula is C15H30N2O2. The number of carbonyl (C=O) groups is 1. The molecule has 1 rings (SSSR count). The third kappa shape index (κ3) is 5.49. The van der Waals surface area contributed by atoms with Crippen LogP contribution in [0.5, 0.6) is 0 Å². The molecule has 1 aliphatic carbocycles. The Morgan fingerprint density at radius 3 is 2.42 bits per heavy atom. The van der Waals surface area contributed by atoms with Gasteiger partial charge in [-0.25, -0.2) is 0 Å². The van der Waals surface area contributed by atoms with Crippen LogP contribution in [-0.4, -0.2) is 47.7 Å². The zero-order valence-corrected chi connectivity index (χ0v) is 12.7. The number of carboxylic acid groups (broad SMARTS) is 1. The summed E-state index contributed by atoms with van der Waals surface area (Å²) in [6, 6.07) is 0.439. The summed E-state index contributed by atoms with van der Waals surface area (Å²) in [6.45, 7) is 6.27. The molecule has 4 nitrogen and oxygen atoms in total. The normalized spacial score (nSPS) is 18.5.